The van der Waals surface area contributed by atoms with Gasteiger partial charge in [0.2, 0.25) is 11.2 Å². The van der Waals surface area contributed by atoms with E-state index in [-0.39, 0.29) is 5.28 Å². The Hall–Kier alpha value is -1.10. The van der Waals surface area contributed by atoms with E-state index >= 15 is 0 Å². The monoisotopic (exact) mass is 286 g/mol. The molecular weight excluding hydrogens is 264 g/mol. The van der Waals surface area contributed by atoms with Crippen molar-refractivity contribution in [1.82, 2.24) is 15.0 Å². The summed E-state index contributed by atoms with van der Waals surface area (Å²) in [5, 5.41) is 0.187. The first-order chi connectivity index (χ1) is 9.21. The SMILES string of the molecule is CCCCN(CCCC)c1nc(Cl)nc(OCC)n1. The molecule has 0 radical (unpaired) electrons. The van der Waals surface area contributed by atoms with Crippen molar-refractivity contribution in [3.63, 3.8) is 0 Å². The number of rotatable bonds is 9. The maximum Gasteiger partial charge on any atom is 0.322 e. The highest BCUT2D eigenvalue weighted by Crippen LogP contribution is 2.16. The summed E-state index contributed by atoms with van der Waals surface area (Å²) in [6.07, 6.45) is 4.49. The molecule has 0 bridgehead atoms. The molecule has 19 heavy (non-hydrogen) atoms. The highest BCUT2D eigenvalue weighted by atomic mass is 35.5. The fourth-order valence-electron chi connectivity index (χ4n) is 1.67. The van der Waals surface area contributed by atoms with Crippen LogP contribution in [0.2, 0.25) is 5.28 Å². The Morgan fingerprint density at radius 3 is 2.16 bits per heavy atom. The van der Waals surface area contributed by atoms with Crippen LogP contribution in [0, 0.1) is 0 Å². The minimum absolute atomic E-state index is 0.187. The molecule has 0 spiro atoms. The molecule has 0 unspecified atom stereocenters. The van der Waals surface area contributed by atoms with Gasteiger partial charge < -0.3 is 9.64 Å². The number of hydrogen-bond acceptors (Lipinski definition) is 5. The predicted octanol–water partition coefficient (Wildman–Crippen LogP) is 3.33. The van der Waals surface area contributed by atoms with E-state index < -0.39 is 0 Å². The fourth-order valence-corrected chi connectivity index (χ4v) is 1.81. The number of nitrogens with zero attached hydrogens (tertiary/aromatic N) is 4. The summed E-state index contributed by atoms with van der Waals surface area (Å²) in [6.45, 7) is 8.62. The molecular formula is C13H23ClN4O. The highest BCUT2D eigenvalue weighted by Gasteiger charge is 2.12. The Morgan fingerprint density at radius 1 is 1.00 bits per heavy atom. The normalized spacial score (nSPS) is 10.5. The largest absolute Gasteiger partial charge is 0.464 e. The number of ether oxygens (including phenoxy) is 1. The molecule has 0 aliphatic carbocycles. The maximum absolute atomic E-state index is 5.93. The van der Waals surface area contributed by atoms with E-state index in [2.05, 4.69) is 33.7 Å². The van der Waals surface area contributed by atoms with Crippen LogP contribution in [-0.2, 0) is 0 Å². The van der Waals surface area contributed by atoms with E-state index in [1.54, 1.807) is 0 Å². The summed E-state index contributed by atoms with van der Waals surface area (Å²) in [5.41, 5.74) is 0. The molecule has 0 aliphatic heterocycles. The fraction of sp³-hybridized carbons (Fsp3) is 0.769. The van der Waals surface area contributed by atoms with Gasteiger partial charge in [0.1, 0.15) is 0 Å². The molecule has 1 heterocycles. The van der Waals surface area contributed by atoms with Gasteiger partial charge >= 0.3 is 6.01 Å². The van der Waals surface area contributed by atoms with Gasteiger partial charge in [-0.2, -0.15) is 15.0 Å². The van der Waals surface area contributed by atoms with Crippen LogP contribution in [0.25, 0.3) is 0 Å². The van der Waals surface area contributed by atoms with Gasteiger partial charge in [-0.05, 0) is 31.4 Å². The summed E-state index contributed by atoms with van der Waals surface area (Å²) < 4.78 is 5.31. The van der Waals surface area contributed by atoms with E-state index in [1.807, 2.05) is 6.92 Å². The Kier molecular flexibility index (Phi) is 7.48. The molecule has 1 aromatic rings. The second kappa shape index (κ2) is 8.91. The van der Waals surface area contributed by atoms with E-state index in [0.717, 1.165) is 38.8 Å². The Morgan fingerprint density at radius 2 is 1.63 bits per heavy atom. The highest BCUT2D eigenvalue weighted by molar-refractivity contribution is 6.28. The van der Waals surface area contributed by atoms with Crippen LogP contribution in [0.1, 0.15) is 46.5 Å². The van der Waals surface area contributed by atoms with Crippen LogP contribution < -0.4 is 9.64 Å². The first-order valence-corrected chi connectivity index (χ1v) is 7.38. The number of halogens is 1. The molecule has 0 N–H and O–H groups in total. The zero-order valence-electron chi connectivity index (χ0n) is 12.0. The van der Waals surface area contributed by atoms with Crippen LogP contribution in [0.4, 0.5) is 5.95 Å². The lowest BCUT2D eigenvalue weighted by Gasteiger charge is -2.22. The summed E-state index contributed by atoms with van der Waals surface area (Å²) in [5.74, 6) is 0.616. The first-order valence-electron chi connectivity index (χ1n) is 7.00. The second-order valence-corrected chi connectivity index (χ2v) is 4.65. The molecule has 0 fully saturated rings. The molecule has 5 nitrogen and oxygen atoms in total. The Balaban J connectivity index is 2.85. The van der Waals surface area contributed by atoms with Crippen molar-refractivity contribution in [1.29, 1.82) is 0 Å². The molecule has 108 valence electrons. The van der Waals surface area contributed by atoms with Crippen molar-refractivity contribution in [2.75, 3.05) is 24.6 Å². The number of aromatic nitrogens is 3. The smallest absolute Gasteiger partial charge is 0.322 e. The maximum atomic E-state index is 5.93. The van der Waals surface area contributed by atoms with Gasteiger partial charge in [0.05, 0.1) is 6.61 Å². The van der Waals surface area contributed by atoms with Crippen molar-refractivity contribution in [3.8, 4) is 6.01 Å². The lowest BCUT2D eigenvalue weighted by molar-refractivity contribution is 0.311. The quantitative estimate of drug-likeness (QED) is 0.697. The van der Waals surface area contributed by atoms with Crippen LogP contribution in [0.15, 0.2) is 0 Å². The van der Waals surface area contributed by atoms with Gasteiger partial charge in [0.15, 0.2) is 0 Å². The molecule has 6 heteroatoms. The summed E-state index contributed by atoms with van der Waals surface area (Å²) >= 11 is 5.93. The lowest BCUT2D eigenvalue weighted by atomic mass is 10.3. The number of hydrogen-bond donors (Lipinski definition) is 0. The van der Waals surface area contributed by atoms with Crippen LogP contribution in [-0.4, -0.2) is 34.6 Å². The third-order valence-corrected chi connectivity index (χ3v) is 2.86. The van der Waals surface area contributed by atoms with Gasteiger partial charge in [-0.15, -0.1) is 0 Å². The zero-order chi connectivity index (χ0) is 14.1. The Bertz CT molecular complexity index is 368. The molecule has 0 aliphatic rings. The molecule has 0 amide bonds. The molecule has 1 aromatic heterocycles. The summed E-state index contributed by atoms with van der Waals surface area (Å²) in [4.78, 5) is 14.7. The van der Waals surface area contributed by atoms with E-state index in [9.17, 15) is 0 Å². The second-order valence-electron chi connectivity index (χ2n) is 4.31. The minimum atomic E-state index is 0.187. The van der Waals surface area contributed by atoms with Gasteiger partial charge in [-0.1, -0.05) is 26.7 Å². The predicted molar refractivity (Wildman–Crippen MR) is 78.0 cm³/mol. The van der Waals surface area contributed by atoms with Crippen LogP contribution in [0.5, 0.6) is 6.01 Å². The van der Waals surface area contributed by atoms with Crippen molar-refractivity contribution >= 4 is 17.5 Å². The average molecular weight is 287 g/mol. The average Bonchev–Trinajstić information content (AvgIpc) is 2.38. The van der Waals surface area contributed by atoms with Crippen LogP contribution >= 0.6 is 11.6 Å². The van der Waals surface area contributed by atoms with Crippen LogP contribution in [0.3, 0.4) is 0 Å². The molecule has 0 atom stereocenters. The molecule has 0 saturated carbocycles. The molecule has 0 aromatic carbocycles. The van der Waals surface area contributed by atoms with E-state index in [4.69, 9.17) is 16.3 Å². The van der Waals surface area contributed by atoms with Gasteiger partial charge in [-0.3, -0.25) is 0 Å². The van der Waals surface area contributed by atoms with E-state index in [0.29, 0.717) is 18.6 Å². The topological polar surface area (TPSA) is 51.1 Å². The van der Waals surface area contributed by atoms with Crippen molar-refractivity contribution in [2.45, 2.75) is 46.5 Å². The summed E-state index contributed by atoms with van der Waals surface area (Å²) in [6, 6.07) is 0.301. The Labute approximate surface area is 120 Å². The number of anilines is 1. The third-order valence-electron chi connectivity index (χ3n) is 2.70. The first kappa shape index (κ1) is 16.0. The van der Waals surface area contributed by atoms with Crippen molar-refractivity contribution < 1.29 is 4.74 Å². The van der Waals surface area contributed by atoms with Gasteiger partial charge in [0, 0.05) is 13.1 Å². The third kappa shape index (κ3) is 5.59. The molecule has 0 saturated heterocycles. The standard InChI is InChI=1S/C13H23ClN4O/c1-4-7-9-18(10-8-5-2)12-15-11(14)16-13(17-12)19-6-3/h4-10H2,1-3H3. The lowest BCUT2D eigenvalue weighted by Crippen LogP contribution is -2.28. The minimum Gasteiger partial charge on any atom is -0.464 e. The number of unbranched alkanes of at least 4 members (excludes halogenated alkanes) is 2. The summed E-state index contributed by atoms with van der Waals surface area (Å²) in [7, 11) is 0. The van der Waals surface area contributed by atoms with Crippen molar-refractivity contribution in [2.24, 2.45) is 0 Å². The molecule has 1 rings (SSSR count). The van der Waals surface area contributed by atoms with Crippen molar-refractivity contribution in [3.05, 3.63) is 5.28 Å². The van der Waals surface area contributed by atoms with Gasteiger partial charge in [-0.25, -0.2) is 0 Å². The zero-order valence-corrected chi connectivity index (χ0v) is 12.8. The van der Waals surface area contributed by atoms with E-state index in [1.165, 1.54) is 0 Å². The van der Waals surface area contributed by atoms with Gasteiger partial charge in [0.25, 0.3) is 0 Å².